The van der Waals surface area contributed by atoms with E-state index in [4.69, 9.17) is 4.74 Å². The molecule has 2 rings (SSSR count). The molecule has 0 aromatic heterocycles. The van der Waals surface area contributed by atoms with Crippen molar-refractivity contribution in [2.24, 2.45) is 10.9 Å². The quantitative estimate of drug-likeness (QED) is 0.383. The molecular formula is C18H28N4O2. The molecule has 1 saturated carbocycles. The van der Waals surface area contributed by atoms with E-state index in [1.165, 1.54) is 0 Å². The fourth-order valence-corrected chi connectivity index (χ4v) is 2.26. The molecule has 0 radical (unpaired) electrons. The van der Waals surface area contributed by atoms with E-state index in [0.29, 0.717) is 25.6 Å². The van der Waals surface area contributed by atoms with Gasteiger partial charge in [0.25, 0.3) is 0 Å². The number of rotatable bonds is 8. The van der Waals surface area contributed by atoms with Gasteiger partial charge in [-0.15, -0.1) is 0 Å². The molecule has 0 saturated heterocycles. The molecule has 24 heavy (non-hydrogen) atoms. The second-order valence-electron chi connectivity index (χ2n) is 6.14. The smallest absolute Gasteiger partial charge is 0.223 e. The third kappa shape index (κ3) is 6.10. The summed E-state index contributed by atoms with van der Waals surface area (Å²) in [5, 5.41) is 9.34. The molecule has 1 amide bonds. The number of carbonyl (C=O) groups is 1. The predicted octanol–water partition coefficient (Wildman–Crippen LogP) is 1.45. The molecule has 1 aromatic rings. The largest absolute Gasteiger partial charge is 0.489 e. The summed E-state index contributed by atoms with van der Waals surface area (Å²) in [7, 11) is 1.73. The van der Waals surface area contributed by atoms with Crippen molar-refractivity contribution in [3.63, 3.8) is 0 Å². The zero-order valence-corrected chi connectivity index (χ0v) is 14.8. The van der Waals surface area contributed by atoms with Crippen LogP contribution in [0.25, 0.3) is 0 Å². The van der Waals surface area contributed by atoms with Crippen molar-refractivity contribution in [2.75, 3.05) is 26.7 Å². The number of hydrogen-bond acceptors (Lipinski definition) is 3. The van der Waals surface area contributed by atoms with Crippen LogP contribution in [0.1, 0.15) is 25.3 Å². The maximum atomic E-state index is 11.5. The molecule has 0 heterocycles. The highest BCUT2D eigenvalue weighted by atomic mass is 16.5. The molecule has 1 atom stereocenters. The van der Waals surface area contributed by atoms with Gasteiger partial charge in [-0.2, -0.15) is 0 Å². The van der Waals surface area contributed by atoms with Crippen LogP contribution < -0.4 is 20.7 Å². The van der Waals surface area contributed by atoms with Gasteiger partial charge in [0.15, 0.2) is 5.96 Å². The summed E-state index contributed by atoms with van der Waals surface area (Å²) in [6.07, 6.45) is 2.07. The number of para-hydroxylation sites is 1. The van der Waals surface area contributed by atoms with Gasteiger partial charge in [-0.25, -0.2) is 0 Å². The summed E-state index contributed by atoms with van der Waals surface area (Å²) in [5.41, 5.74) is 1.12. The Labute approximate surface area is 144 Å². The lowest BCUT2D eigenvalue weighted by atomic mass is 10.2. The SMILES string of the molecule is CN=C(NCCNC(=O)C1CC1)NCC(C)Oc1ccccc1C. The van der Waals surface area contributed by atoms with E-state index in [1.807, 2.05) is 38.1 Å². The Morgan fingerprint density at radius 2 is 1.96 bits per heavy atom. The van der Waals surface area contributed by atoms with E-state index in [2.05, 4.69) is 20.9 Å². The Bertz CT molecular complexity index is 570. The number of carbonyl (C=O) groups excluding carboxylic acids is 1. The highest BCUT2D eigenvalue weighted by Gasteiger charge is 2.28. The minimum atomic E-state index is 0.0132. The number of aliphatic imine (C=N–C) groups is 1. The van der Waals surface area contributed by atoms with Crippen LogP contribution >= 0.6 is 0 Å². The molecule has 0 bridgehead atoms. The Morgan fingerprint density at radius 1 is 1.25 bits per heavy atom. The minimum absolute atomic E-state index is 0.0132. The van der Waals surface area contributed by atoms with E-state index in [0.717, 1.165) is 24.2 Å². The highest BCUT2D eigenvalue weighted by molar-refractivity contribution is 5.81. The number of nitrogens with one attached hydrogen (secondary N) is 3. The van der Waals surface area contributed by atoms with E-state index >= 15 is 0 Å². The Balaban J connectivity index is 1.63. The molecule has 1 fully saturated rings. The van der Waals surface area contributed by atoms with Crippen LogP contribution in [-0.4, -0.2) is 44.7 Å². The van der Waals surface area contributed by atoms with Gasteiger partial charge in [-0.3, -0.25) is 9.79 Å². The van der Waals surface area contributed by atoms with Gasteiger partial charge in [-0.05, 0) is 38.3 Å². The lowest BCUT2D eigenvalue weighted by Crippen LogP contribution is -2.44. The van der Waals surface area contributed by atoms with Crippen molar-refractivity contribution in [3.8, 4) is 5.75 Å². The van der Waals surface area contributed by atoms with Crippen molar-refractivity contribution in [3.05, 3.63) is 29.8 Å². The first-order chi connectivity index (χ1) is 11.6. The van der Waals surface area contributed by atoms with Gasteiger partial charge in [-0.1, -0.05) is 18.2 Å². The number of aryl methyl sites for hydroxylation is 1. The Hall–Kier alpha value is -2.24. The van der Waals surface area contributed by atoms with Crippen LogP contribution in [0.15, 0.2) is 29.3 Å². The van der Waals surface area contributed by atoms with Crippen LogP contribution in [0.3, 0.4) is 0 Å². The first-order valence-corrected chi connectivity index (χ1v) is 8.54. The van der Waals surface area contributed by atoms with Gasteiger partial charge in [0.05, 0.1) is 6.54 Å². The second-order valence-corrected chi connectivity index (χ2v) is 6.14. The average Bonchev–Trinajstić information content (AvgIpc) is 3.41. The van der Waals surface area contributed by atoms with Gasteiger partial charge in [0.1, 0.15) is 11.9 Å². The van der Waals surface area contributed by atoms with Crippen molar-refractivity contribution in [1.29, 1.82) is 0 Å². The number of nitrogens with zero attached hydrogens (tertiary/aromatic N) is 1. The number of ether oxygens (including phenoxy) is 1. The van der Waals surface area contributed by atoms with Crippen LogP contribution in [0.5, 0.6) is 5.75 Å². The molecule has 132 valence electrons. The van der Waals surface area contributed by atoms with Gasteiger partial charge in [0.2, 0.25) is 5.91 Å². The minimum Gasteiger partial charge on any atom is -0.489 e. The fourth-order valence-electron chi connectivity index (χ4n) is 2.26. The number of benzene rings is 1. The Kier molecular flexibility index (Phi) is 6.90. The molecule has 1 unspecified atom stereocenters. The van der Waals surface area contributed by atoms with E-state index in [1.54, 1.807) is 7.05 Å². The topological polar surface area (TPSA) is 74.8 Å². The highest BCUT2D eigenvalue weighted by Crippen LogP contribution is 2.28. The zero-order chi connectivity index (χ0) is 17.4. The summed E-state index contributed by atoms with van der Waals surface area (Å²) in [6.45, 7) is 5.94. The third-order valence-corrected chi connectivity index (χ3v) is 3.87. The summed E-state index contributed by atoms with van der Waals surface area (Å²) in [6, 6.07) is 7.98. The lowest BCUT2D eigenvalue weighted by Gasteiger charge is -2.18. The normalized spacial score (nSPS) is 15.5. The monoisotopic (exact) mass is 332 g/mol. The molecule has 1 aliphatic rings. The molecule has 0 aliphatic heterocycles. The fraction of sp³-hybridized carbons (Fsp3) is 0.556. The molecule has 6 heteroatoms. The first-order valence-electron chi connectivity index (χ1n) is 8.54. The average molecular weight is 332 g/mol. The van der Waals surface area contributed by atoms with E-state index < -0.39 is 0 Å². The number of hydrogen-bond donors (Lipinski definition) is 3. The van der Waals surface area contributed by atoms with Crippen LogP contribution in [0.4, 0.5) is 0 Å². The maximum absolute atomic E-state index is 11.5. The number of guanidine groups is 1. The second kappa shape index (κ2) is 9.15. The van der Waals surface area contributed by atoms with Gasteiger partial charge in [0, 0.05) is 26.1 Å². The van der Waals surface area contributed by atoms with E-state index in [-0.39, 0.29) is 17.9 Å². The summed E-state index contributed by atoms with van der Waals surface area (Å²) >= 11 is 0. The summed E-state index contributed by atoms with van der Waals surface area (Å²) in [4.78, 5) is 15.7. The molecule has 1 aliphatic carbocycles. The molecule has 0 spiro atoms. The van der Waals surface area contributed by atoms with Crippen LogP contribution in [0, 0.1) is 12.8 Å². The van der Waals surface area contributed by atoms with Crippen molar-refractivity contribution in [1.82, 2.24) is 16.0 Å². The van der Waals surface area contributed by atoms with E-state index in [9.17, 15) is 4.79 Å². The molecule has 1 aromatic carbocycles. The maximum Gasteiger partial charge on any atom is 0.223 e. The van der Waals surface area contributed by atoms with Crippen molar-refractivity contribution < 1.29 is 9.53 Å². The van der Waals surface area contributed by atoms with Crippen molar-refractivity contribution >= 4 is 11.9 Å². The molecule has 3 N–H and O–H groups in total. The van der Waals surface area contributed by atoms with Gasteiger partial charge >= 0.3 is 0 Å². The van der Waals surface area contributed by atoms with Crippen LogP contribution in [-0.2, 0) is 4.79 Å². The molecule has 6 nitrogen and oxygen atoms in total. The summed E-state index contributed by atoms with van der Waals surface area (Å²) < 4.78 is 5.93. The third-order valence-electron chi connectivity index (χ3n) is 3.87. The lowest BCUT2D eigenvalue weighted by molar-refractivity contribution is -0.122. The van der Waals surface area contributed by atoms with Crippen molar-refractivity contribution in [2.45, 2.75) is 32.8 Å². The summed E-state index contributed by atoms with van der Waals surface area (Å²) in [5.74, 6) is 2.02. The van der Waals surface area contributed by atoms with Gasteiger partial charge < -0.3 is 20.7 Å². The zero-order valence-electron chi connectivity index (χ0n) is 14.8. The first kappa shape index (κ1) is 18.1. The molecular weight excluding hydrogens is 304 g/mol. The predicted molar refractivity (Wildman–Crippen MR) is 96.4 cm³/mol. The van der Waals surface area contributed by atoms with Crippen LogP contribution in [0.2, 0.25) is 0 Å². The Morgan fingerprint density at radius 3 is 2.62 bits per heavy atom. The number of amides is 1. The standard InChI is InChI=1S/C18H28N4O2/c1-13-6-4-5-7-16(13)24-14(2)12-22-18(19-3)21-11-10-20-17(23)15-8-9-15/h4-7,14-15H,8-12H2,1-3H3,(H,20,23)(H2,19,21,22).